The molecule has 1 aromatic carbocycles. The van der Waals surface area contributed by atoms with Crippen molar-refractivity contribution >= 4 is 40.5 Å². The molecule has 0 aliphatic carbocycles. The van der Waals surface area contributed by atoms with E-state index in [4.69, 9.17) is 23.2 Å². The lowest BCUT2D eigenvalue weighted by Gasteiger charge is -2.38. The fourth-order valence-corrected chi connectivity index (χ4v) is 4.05. The topological polar surface area (TPSA) is 83.4 Å². The van der Waals surface area contributed by atoms with Crippen molar-refractivity contribution in [2.24, 2.45) is 0 Å². The molecule has 1 atom stereocenters. The van der Waals surface area contributed by atoms with Gasteiger partial charge in [-0.3, -0.25) is 14.5 Å². The van der Waals surface area contributed by atoms with Gasteiger partial charge in [0.05, 0.1) is 29.3 Å². The number of carbonyl (C=O) groups is 1. The number of hydrogen-bond acceptors (Lipinski definition) is 6. The maximum absolute atomic E-state index is 12.8. The standard InChI is InChI=1S/C22H22Cl2N6O2/c1-15(21(31)27-17-8-5-9-25-20(17)24)28-10-12-29(13-11-28)18-14-26-30(22(32)19(18)23)16-6-3-2-4-7-16/h2-9,14-15H,10-13H2,1H3,(H,27,31). The number of hydrogen-bond donors (Lipinski definition) is 1. The number of para-hydroxylation sites is 1. The third-order valence-electron chi connectivity index (χ3n) is 5.50. The van der Waals surface area contributed by atoms with Gasteiger partial charge < -0.3 is 10.2 Å². The zero-order valence-electron chi connectivity index (χ0n) is 17.4. The molecule has 4 rings (SSSR count). The molecule has 1 aliphatic rings. The lowest BCUT2D eigenvalue weighted by molar-refractivity contribution is -0.120. The second kappa shape index (κ2) is 9.68. The maximum Gasteiger partial charge on any atom is 0.292 e. The van der Waals surface area contributed by atoms with Gasteiger partial charge in [-0.2, -0.15) is 9.78 Å². The molecular weight excluding hydrogens is 451 g/mol. The highest BCUT2D eigenvalue weighted by Gasteiger charge is 2.27. The number of amides is 1. The zero-order chi connectivity index (χ0) is 22.7. The van der Waals surface area contributed by atoms with E-state index in [1.54, 1.807) is 36.7 Å². The Bertz CT molecular complexity index is 1160. The number of anilines is 2. The van der Waals surface area contributed by atoms with E-state index >= 15 is 0 Å². The molecule has 8 nitrogen and oxygen atoms in total. The third-order valence-corrected chi connectivity index (χ3v) is 6.16. The molecule has 1 amide bonds. The summed E-state index contributed by atoms with van der Waals surface area (Å²) >= 11 is 12.5. The third kappa shape index (κ3) is 4.62. The van der Waals surface area contributed by atoms with Crippen molar-refractivity contribution in [1.82, 2.24) is 19.7 Å². The first-order valence-electron chi connectivity index (χ1n) is 10.2. The molecule has 2 aromatic heterocycles. The summed E-state index contributed by atoms with van der Waals surface area (Å²) in [6.07, 6.45) is 3.19. The van der Waals surface area contributed by atoms with Crippen LogP contribution in [0.2, 0.25) is 10.2 Å². The smallest absolute Gasteiger partial charge is 0.292 e. The van der Waals surface area contributed by atoms with Gasteiger partial charge in [-0.15, -0.1) is 0 Å². The minimum Gasteiger partial charge on any atom is -0.366 e. The molecule has 3 heterocycles. The molecule has 0 bridgehead atoms. The first-order valence-corrected chi connectivity index (χ1v) is 10.9. The summed E-state index contributed by atoms with van der Waals surface area (Å²) < 4.78 is 1.29. The number of carbonyl (C=O) groups excluding carboxylic acids is 1. The van der Waals surface area contributed by atoms with E-state index in [1.807, 2.05) is 30.0 Å². The predicted molar refractivity (Wildman–Crippen MR) is 126 cm³/mol. The Morgan fingerprint density at radius 3 is 2.47 bits per heavy atom. The second-order valence-electron chi connectivity index (χ2n) is 7.43. The molecule has 0 saturated carbocycles. The molecule has 3 aromatic rings. The lowest BCUT2D eigenvalue weighted by atomic mass is 10.2. The van der Waals surface area contributed by atoms with Crippen molar-refractivity contribution < 1.29 is 4.79 Å². The Balaban J connectivity index is 1.41. The van der Waals surface area contributed by atoms with E-state index in [0.29, 0.717) is 43.2 Å². The van der Waals surface area contributed by atoms with E-state index < -0.39 is 0 Å². The van der Waals surface area contributed by atoms with Crippen LogP contribution in [0.1, 0.15) is 6.92 Å². The normalized spacial score (nSPS) is 15.4. The second-order valence-corrected chi connectivity index (χ2v) is 8.16. The highest BCUT2D eigenvalue weighted by molar-refractivity contribution is 6.33. The van der Waals surface area contributed by atoms with Crippen LogP contribution in [0.25, 0.3) is 5.69 Å². The van der Waals surface area contributed by atoms with Crippen LogP contribution < -0.4 is 15.8 Å². The maximum atomic E-state index is 12.8. The Kier molecular flexibility index (Phi) is 6.74. The van der Waals surface area contributed by atoms with Gasteiger partial charge in [0.1, 0.15) is 5.02 Å². The average Bonchev–Trinajstić information content (AvgIpc) is 2.82. The van der Waals surface area contributed by atoms with Crippen LogP contribution in [0.15, 0.2) is 59.7 Å². The average molecular weight is 473 g/mol. The molecule has 1 fully saturated rings. The van der Waals surface area contributed by atoms with Crippen molar-refractivity contribution in [3.63, 3.8) is 0 Å². The zero-order valence-corrected chi connectivity index (χ0v) is 18.9. The SMILES string of the molecule is CC(C(=O)Nc1cccnc1Cl)N1CCN(c2cnn(-c3ccccc3)c(=O)c2Cl)CC1. The summed E-state index contributed by atoms with van der Waals surface area (Å²) in [4.78, 5) is 33.5. The van der Waals surface area contributed by atoms with E-state index in [-0.39, 0.29) is 27.7 Å². The van der Waals surface area contributed by atoms with Crippen LogP contribution in [0.5, 0.6) is 0 Å². The van der Waals surface area contributed by atoms with Crippen LogP contribution >= 0.6 is 23.2 Å². The van der Waals surface area contributed by atoms with Gasteiger partial charge in [0.15, 0.2) is 5.15 Å². The molecule has 32 heavy (non-hydrogen) atoms. The number of aromatic nitrogens is 3. The van der Waals surface area contributed by atoms with Gasteiger partial charge in [0, 0.05) is 32.4 Å². The van der Waals surface area contributed by atoms with Crippen LogP contribution in [-0.4, -0.2) is 57.8 Å². The number of pyridine rings is 1. The molecule has 1 saturated heterocycles. The molecule has 1 N–H and O–H groups in total. The number of piperazine rings is 1. The van der Waals surface area contributed by atoms with Gasteiger partial charge in [-0.25, -0.2) is 4.98 Å². The molecule has 10 heteroatoms. The van der Waals surface area contributed by atoms with Crippen LogP contribution in [-0.2, 0) is 4.79 Å². The van der Waals surface area contributed by atoms with Gasteiger partial charge in [-0.05, 0) is 31.2 Å². The summed E-state index contributed by atoms with van der Waals surface area (Å²) in [6, 6.07) is 12.2. The van der Waals surface area contributed by atoms with Crippen LogP contribution in [0, 0.1) is 0 Å². The Morgan fingerprint density at radius 1 is 1.06 bits per heavy atom. The molecule has 0 radical (unpaired) electrons. The number of benzene rings is 1. The van der Waals surface area contributed by atoms with Gasteiger partial charge >= 0.3 is 0 Å². The number of halogens is 2. The molecule has 0 spiro atoms. The summed E-state index contributed by atoms with van der Waals surface area (Å²) in [5.41, 5.74) is 1.38. The summed E-state index contributed by atoms with van der Waals surface area (Å²) in [5.74, 6) is -0.154. The van der Waals surface area contributed by atoms with Gasteiger partial charge in [0.25, 0.3) is 5.56 Å². The fraction of sp³-hybridized carbons (Fsp3) is 0.273. The highest BCUT2D eigenvalue weighted by atomic mass is 35.5. The van der Waals surface area contributed by atoms with Crippen molar-refractivity contribution in [2.45, 2.75) is 13.0 Å². The fourth-order valence-electron chi connectivity index (χ4n) is 3.63. The van der Waals surface area contributed by atoms with Crippen molar-refractivity contribution in [3.05, 3.63) is 75.4 Å². The molecular formula is C22H22Cl2N6O2. The van der Waals surface area contributed by atoms with E-state index in [1.165, 1.54) is 4.68 Å². The largest absolute Gasteiger partial charge is 0.366 e. The lowest BCUT2D eigenvalue weighted by Crippen LogP contribution is -2.53. The van der Waals surface area contributed by atoms with E-state index in [2.05, 4.69) is 20.3 Å². The molecule has 1 aliphatic heterocycles. The minimum atomic E-state index is -0.362. The predicted octanol–water partition coefficient (Wildman–Crippen LogP) is 3.08. The Hall–Kier alpha value is -2.94. The number of nitrogens with zero attached hydrogens (tertiary/aromatic N) is 5. The first kappa shape index (κ1) is 22.3. The van der Waals surface area contributed by atoms with Crippen molar-refractivity contribution in [1.29, 1.82) is 0 Å². The Morgan fingerprint density at radius 2 is 1.78 bits per heavy atom. The minimum absolute atomic E-state index is 0.134. The molecule has 166 valence electrons. The Labute approximate surface area is 195 Å². The van der Waals surface area contributed by atoms with E-state index in [0.717, 1.165) is 0 Å². The summed E-state index contributed by atoms with van der Waals surface area (Å²) in [6.45, 7) is 4.34. The highest BCUT2D eigenvalue weighted by Crippen LogP contribution is 2.24. The van der Waals surface area contributed by atoms with Gasteiger partial charge in [-0.1, -0.05) is 41.4 Å². The van der Waals surface area contributed by atoms with E-state index in [9.17, 15) is 9.59 Å². The number of rotatable bonds is 5. The first-order chi connectivity index (χ1) is 15.5. The number of nitrogens with one attached hydrogen (secondary N) is 1. The van der Waals surface area contributed by atoms with Crippen LogP contribution in [0.4, 0.5) is 11.4 Å². The summed E-state index contributed by atoms with van der Waals surface area (Å²) in [5, 5.41) is 7.52. The van der Waals surface area contributed by atoms with Crippen molar-refractivity contribution in [2.75, 3.05) is 36.4 Å². The monoisotopic (exact) mass is 472 g/mol. The molecule has 1 unspecified atom stereocenters. The summed E-state index contributed by atoms with van der Waals surface area (Å²) in [7, 11) is 0. The van der Waals surface area contributed by atoms with Gasteiger partial charge in [0.2, 0.25) is 5.91 Å². The quantitative estimate of drug-likeness (QED) is 0.574. The van der Waals surface area contributed by atoms with Crippen molar-refractivity contribution in [3.8, 4) is 5.69 Å². The van der Waals surface area contributed by atoms with Crippen LogP contribution in [0.3, 0.4) is 0 Å².